The van der Waals surface area contributed by atoms with E-state index >= 15 is 0 Å². The first-order valence-electron chi connectivity index (χ1n) is 10.2. The molecule has 0 amide bonds. The quantitative estimate of drug-likeness (QED) is 0.253. The zero-order valence-electron chi connectivity index (χ0n) is 17.1. The molecule has 28 heavy (non-hydrogen) atoms. The molecule has 0 aliphatic carbocycles. The normalized spacial score (nSPS) is 18.1. The maximum atomic E-state index is 4.32. The Hall–Kier alpha value is -1.42. The van der Waals surface area contributed by atoms with E-state index in [0.717, 1.165) is 55.8 Å². The Labute approximate surface area is 185 Å². The molecule has 0 aromatic carbocycles. The van der Waals surface area contributed by atoms with Crippen molar-refractivity contribution in [2.45, 2.75) is 51.5 Å². The summed E-state index contributed by atoms with van der Waals surface area (Å²) in [6, 6.07) is 6.71. The zero-order valence-corrected chi connectivity index (χ0v) is 19.4. The number of pyridine rings is 1. The van der Waals surface area contributed by atoms with Crippen LogP contribution in [-0.4, -0.2) is 64.7 Å². The lowest BCUT2D eigenvalue weighted by Gasteiger charge is -2.33. The van der Waals surface area contributed by atoms with E-state index in [1.165, 1.54) is 32.4 Å². The molecule has 156 valence electrons. The average molecular weight is 499 g/mol. The molecule has 1 aliphatic heterocycles. The Bertz CT molecular complexity index is 730. The van der Waals surface area contributed by atoms with E-state index in [4.69, 9.17) is 0 Å². The number of aliphatic imine (C=N–C) groups is 1. The second kappa shape index (κ2) is 12.2. The van der Waals surface area contributed by atoms with Gasteiger partial charge in [0.2, 0.25) is 0 Å². The smallest absolute Gasteiger partial charge is 0.190 e. The van der Waals surface area contributed by atoms with Crippen LogP contribution in [0.15, 0.2) is 29.4 Å². The number of aryl methyl sites for hydroxylation is 1. The van der Waals surface area contributed by atoms with E-state index in [9.17, 15) is 0 Å². The van der Waals surface area contributed by atoms with Gasteiger partial charge in [-0.1, -0.05) is 12.5 Å². The molecular formula is C20H34IN7. The second-order valence-corrected chi connectivity index (χ2v) is 7.31. The largest absolute Gasteiger partial charge is 0.356 e. The standard InChI is InChI=1S/C20H33N7.HI/c1-17-9-3-5-14-26(17)15-8-13-23-20(21-2)22-12-7-11-19-25-24-18-10-4-6-16-27(18)19;/h4,6,10,16-17H,3,5,7-9,11-15H2,1-2H3,(H2,21,22,23);1H. The predicted octanol–water partition coefficient (Wildman–Crippen LogP) is 2.71. The number of fused-ring (bicyclic) bond motifs is 1. The van der Waals surface area contributed by atoms with Crippen LogP contribution in [0.25, 0.3) is 5.65 Å². The number of piperidine rings is 1. The summed E-state index contributed by atoms with van der Waals surface area (Å²) in [6.45, 7) is 6.60. The summed E-state index contributed by atoms with van der Waals surface area (Å²) in [5, 5.41) is 15.3. The van der Waals surface area contributed by atoms with Crippen molar-refractivity contribution < 1.29 is 0 Å². The Morgan fingerprint density at radius 1 is 1.18 bits per heavy atom. The lowest BCUT2D eigenvalue weighted by atomic mass is 10.0. The molecule has 1 saturated heterocycles. The lowest BCUT2D eigenvalue weighted by Crippen LogP contribution is -2.41. The molecule has 2 aromatic heterocycles. The summed E-state index contributed by atoms with van der Waals surface area (Å²) in [7, 11) is 1.83. The van der Waals surface area contributed by atoms with Crippen LogP contribution < -0.4 is 10.6 Å². The summed E-state index contributed by atoms with van der Waals surface area (Å²) in [5.41, 5.74) is 0.904. The molecule has 3 rings (SSSR count). The Morgan fingerprint density at radius 2 is 2.00 bits per heavy atom. The van der Waals surface area contributed by atoms with Gasteiger partial charge in [0.05, 0.1) is 0 Å². The first kappa shape index (κ1) is 22.9. The number of guanidine groups is 1. The average Bonchev–Trinajstić information content (AvgIpc) is 3.11. The minimum Gasteiger partial charge on any atom is -0.356 e. The van der Waals surface area contributed by atoms with Crippen molar-refractivity contribution in [3.05, 3.63) is 30.2 Å². The second-order valence-electron chi connectivity index (χ2n) is 7.31. The van der Waals surface area contributed by atoms with Crippen LogP contribution in [0.5, 0.6) is 0 Å². The molecule has 1 fully saturated rings. The van der Waals surface area contributed by atoms with Crippen LogP contribution in [0.3, 0.4) is 0 Å². The number of rotatable bonds is 8. The number of hydrogen-bond acceptors (Lipinski definition) is 4. The molecule has 0 spiro atoms. The third-order valence-corrected chi connectivity index (χ3v) is 5.33. The number of hydrogen-bond donors (Lipinski definition) is 2. The van der Waals surface area contributed by atoms with Crippen molar-refractivity contribution in [2.75, 3.05) is 33.2 Å². The van der Waals surface area contributed by atoms with Gasteiger partial charge in [-0.05, 0) is 51.3 Å². The van der Waals surface area contributed by atoms with Crippen LogP contribution in [0, 0.1) is 0 Å². The first-order valence-corrected chi connectivity index (χ1v) is 10.2. The summed E-state index contributed by atoms with van der Waals surface area (Å²) >= 11 is 0. The molecule has 8 heteroatoms. The molecule has 3 heterocycles. The van der Waals surface area contributed by atoms with Gasteiger partial charge < -0.3 is 15.5 Å². The number of nitrogens with zero attached hydrogens (tertiary/aromatic N) is 5. The molecule has 1 atom stereocenters. The molecule has 0 bridgehead atoms. The van der Waals surface area contributed by atoms with Crippen molar-refractivity contribution in [1.82, 2.24) is 30.1 Å². The van der Waals surface area contributed by atoms with Gasteiger partial charge in [0.1, 0.15) is 5.82 Å². The fourth-order valence-corrected chi connectivity index (χ4v) is 3.71. The van der Waals surface area contributed by atoms with Gasteiger partial charge in [-0.25, -0.2) is 0 Å². The van der Waals surface area contributed by atoms with Crippen LogP contribution >= 0.6 is 24.0 Å². The van der Waals surface area contributed by atoms with E-state index in [2.05, 4.69) is 42.0 Å². The number of likely N-dealkylation sites (tertiary alicyclic amines) is 1. The minimum atomic E-state index is 0. The van der Waals surface area contributed by atoms with Crippen molar-refractivity contribution >= 4 is 35.6 Å². The van der Waals surface area contributed by atoms with Gasteiger partial charge in [-0.15, -0.1) is 34.2 Å². The van der Waals surface area contributed by atoms with E-state index in [-0.39, 0.29) is 24.0 Å². The molecule has 7 nitrogen and oxygen atoms in total. The summed E-state index contributed by atoms with van der Waals surface area (Å²) in [6.07, 6.45) is 9.12. The van der Waals surface area contributed by atoms with Crippen molar-refractivity contribution in [3.63, 3.8) is 0 Å². The zero-order chi connectivity index (χ0) is 18.9. The summed E-state index contributed by atoms with van der Waals surface area (Å²) in [5.74, 6) is 1.89. The van der Waals surface area contributed by atoms with Crippen LogP contribution in [0.2, 0.25) is 0 Å². The highest BCUT2D eigenvalue weighted by Crippen LogP contribution is 2.16. The highest BCUT2D eigenvalue weighted by Gasteiger charge is 2.17. The molecular weight excluding hydrogens is 465 g/mol. The molecule has 2 aromatic rings. The Balaban J connectivity index is 0.00000280. The molecule has 2 N–H and O–H groups in total. The first-order chi connectivity index (χ1) is 13.3. The van der Waals surface area contributed by atoms with Gasteiger partial charge in [-0.2, -0.15) is 0 Å². The molecule has 0 radical (unpaired) electrons. The molecule has 0 saturated carbocycles. The van der Waals surface area contributed by atoms with E-state index < -0.39 is 0 Å². The van der Waals surface area contributed by atoms with Crippen molar-refractivity contribution in [1.29, 1.82) is 0 Å². The fraction of sp³-hybridized carbons (Fsp3) is 0.650. The van der Waals surface area contributed by atoms with Gasteiger partial charge in [0.25, 0.3) is 0 Å². The lowest BCUT2D eigenvalue weighted by molar-refractivity contribution is 0.159. The topological polar surface area (TPSA) is 69.8 Å². The number of nitrogens with one attached hydrogen (secondary N) is 2. The van der Waals surface area contributed by atoms with Crippen molar-refractivity contribution in [3.8, 4) is 0 Å². The van der Waals surface area contributed by atoms with E-state index in [1.807, 2.05) is 31.4 Å². The summed E-state index contributed by atoms with van der Waals surface area (Å²) in [4.78, 5) is 6.93. The monoisotopic (exact) mass is 499 g/mol. The Morgan fingerprint density at radius 3 is 2.79 bits per heavy atom. The SMILES string of the molecule is CN=C(NCCCc1nnc2ccccn12)NCCCN1CCCCC1C.I. The predicted molar refractivity (Wildman–Crippen MR) is 126 cm³/mol. The third-order valence-electron chi connectivity index (χ3n) is 5.33. The number of halogens is 1. The van der Waals surface area contributed by atoms with Crippen LogP contribution in [-0.2, 0) is 6.42 Å². The van der Waals surface area contributed by atoms with Gasteiger partial charge in [0.15, 0.2) is 11.6 Å². The maximum Gasteiger partial charge on any atom is 0.190 e. The van der Waals surface area contributed by atoms with Crippen molar-refractivity contribution in [2.24, 2.45) is 4.99 Å². The Kier molecular flexibility index (Phi) is 9.97. The minimum absolute atomic E-state index is 0. The molecule has 1 aliphatic rings. The van der Waals surface area contributed by atoms with Gasteiger partial charge in [-0.3, -0.25) is 9.39 Å². The highest BCUT2D eigenvalue weighted by molar-refractivity contribution is 14.0. The molecule has 1 unspecified atom stereocenters. The van der Waals surface area contributed by atoms with E-state index in [1.54, 1.807) is 0 Å². The van der Waals surface area contributed by atoms with Gasteiger partial charge in [0, 0.05) is 45.3 Å². The van der Waals surface area contributed by atoms with Gasteiger partial charge >= 0.3 is 0 Å². The number of aromatic nitrogens is 3. The maximum absolute atomic E-state index is 4.32. The van der Waals surface area contributed by atoms with Crippen LogP contribution in [0.4, 0.5) is 0 Å². The van der Waals surface area contributed by atoms with E-state index in [0.29, 0.717) is 0 Å². The summed E-state index contributed by atoms with van der Waals surface area (Å²) < 4.78 is 2.05. The van der Waals surface area contributed by atoms with Crippen LogP contribution in [0.1, 0.15) is 44.9 Å². The fourth-order valence-electron chi connectivity index (χ4n) is 3.71. The third kappa shape index (κ3) is 6.58. The highest BCUT2D eigenvalue weighted by atomic mass is 127.